The van der Waals surface area contributed by atoms with Gasteiger partial charge in [-0.1, -0.05) is 0 Å². The van der Waals surface area contributed by atoms with Crippen LogP contribution in [0, 0.1) is 0 Å². The van der Waals surface area contributed by atoms with E-state index in [2.05, 4.69) is 15.3 Å². The van der Waals surface area contributed by atoms with Crippen molar-refractivity contribution in [1.29, 1.82) is 0 Å². The average molecular weight is 342 g/mol. The molecule has 3 aromatic heterocycles. The van der Waals surface area contributed by atoms with E-state index < -0.39 is 5.91 Å². The normalized spacial score (nSPS) is 10.9. The summed E-state index contributed by atoms with van der Waals surface area (Å²) in [6.45, 7) is 1.06. The molecule has 9 nitrogen and oxygen atoms in total. The van der Waals surface area contributed by atoms with Crippen molar-refractivity contribution < 1.29 is 14.0 Å². The second kappa shape index (κ2) is 7.14. The van der Waals surface area contributed by atoms with Crippen molar-refractivity contribution in [2.75, 3.05) is 13.1 Å². The Hall–Kier alpha value is -3.20. The van der Waals surface area contributed by atoms with Gasteiger partial charge in [0.15, 0.2) is 17.1 Å². The van der Waals surface area contributed by atoms with Gasteiger partial charge in [-0.2, -0.15) is 0 Å². The smallest absolute Gasteiger partial charge is 0.271 e. The molecule has 0 aliphatic rings. The summed E-state index contributed by atoms with van der Waals surface area (Å²) in [4.78, 5) is 32.5. The van der Waals surface area contributed by atoms with E-state index in [9.17, 15) is 9.59 Å². The summed E-state index contributed by atoms with van der Waals surface area (Å²) >= 11 is 0. The number of fused-ring (bicyclic) bond motifs is 1. The minimum absolute atomic E-state index is 0.00871. The molecule has 0 bridgehead atoms. The number of aromatic nitrogens is 3. The molecule has 0 fully saturated rings. The Balaban J connectivity index is 2.03. The largest absolute Gasteiger partial charge is 0.463 e. The quantitative estimate of drug-likeness (QED) is 0.536. The lowest BCUT2D eigenvalue weighted by Crippen LogP contribution is -2.27. The van der Waals surface area contributed by atoms with Crippen LogP contribution >= 0.6 is 0 Å². The Kier molecular flexibility index (Phi) is 4.75. The van der Waals surface area contributed by atoms with Crippen molar-refractivity contribution in [1.82, 2.24) is 19.7 Å². The molecule has 0 saturated heterocycles. The van der Waals surface area contributed by atoms with Gasteiger partial charge < -0.3 is 21.2 Å². The maximum absolute atomic E-state index is 12.6. The third kappa shape index (κ3) is 3.36. The van der Waals surface area contributed by atoms with Gasteiger partial charge in [-0.3, -0.25) is 14.0 Å². The zero-order valence-electron chi connectivity index (χ0n) is 13.4. The zero-order chi connectivity index (χ0) is 17.8. The number of hydrogen-bond donors (Lipinski definition) is 3. The van der Waals surface area contributed by atoms with Crippen molar-refractivity contribution in [3.05, 3.63) is 42.2 Å². The van der Waals surface area contributed by atoms with Crippen LogP contribution in [0.3, 0.4) is 0 Å². The number of nitrogens with zero attached hydrogens (tertiary/aromatic N) is 3. The summed E-state index contributed by atoms with van der Waals surface area (Å²) in [6, 6.07) is 5.00. The number of primary amides is 1. The predicted molar refractivity (Wildman–Crippen MR) is 89.8 cm³/mol. The van der Waals surface area contributed by atoms with Crippen LogP contribution in [-0.4, -0.2) is 39.3 Å². The van der Waals surface area contributed by atoms with Gasteiger partial charge in [0.1, 0.15) is 17.7 Å². The fourth-order valence-electron chi connectivity index (χ4n) is 2.43. The molecule has 2 amide bonds. The maximum Gasteiger partial charge on any atom is 0.271 e. The first-order valence-electron chi connectivity index (χ1n) is 7.82. The Labute approximate surface area is 143 Å². The number of carbonyl (C=O) groups excluding carboxylic acids is 2. The van der Waals surface area contributed by atoms with Crippen LogP contribution in [-0.2, 0) is 0 Å². The van der Waals surface area contributed by atoms with E-state index in [-0.39, 0.29) is 22.9 Å². The Morgan fingerprint density at radius 3 is 2.84 bits per heavy atom. The average Bonchev–Trinajstić information content (AvgIpc) is 3.26. The molecule has 130 valence electrons. The number of nitrogens with one attached hydrogen (secondary N) is 1. The maximum atomic E-state index is 12.6. The first-order valence-corrected chi connectivity index (χ1v) is 7.82. The summed E-state index contributed by atoms with van der Waals surface area (Å²) in [6.07, 6.45) is 4.45. The van der Waals surface area contributed by atoms with Crippen LogP contribution in [0.1, 0.15) is 33.8 Å². The number of rotatable bonds is 7. The summed E-state index contributed by atoms with van der Waals surface area (Å²) < 4.78 is 6.77. The predicted octanol–water partition coefficient (Wildman–Crippen LogP) is 0.557. The van der Waals surface area contributed by atoms with Crippen LogP contribution in [0.25, 0.3) is 17.1 Å². The van der Waals surface area contributed by atoms with Crippen LogP contribution in [0.2, 0.25) is 0 Å². The number of hydrogen-bond acceptors (Lipinski definition) is 6. The van der Waals surface area contributed by atoms with Gasteiger partial charge in [0.25, 0.3) is 11.8 Å². The molecule has 0 aromatic carbocycles. The van der Waals surface area contributed by atoms with E-state index in [1.54, 1.807) is 18.2 Å². The second-order valence-corrected chi connectivity index (χ2v) is 5.41. The summed E-state index contributed by atoms with van der Waals surface area (Å²) in [5, 5.41) is 2.82. The minimum atomic E-state index is -0.721. The zero-order valence-corrected chi connectivity index (χ0v) is 13.4. The molecule has 0 aliphatic carbocycles. The van der Waals surface area contributed by atoms with Crippen molar-refractivity contribution in [2.45, 2.75) is 12.8 Å². The van der Waals surface area contributed by atoms with E-state index in [0.29, 0.717) is 24.5 Å². The number of furan rings is 1. The molecule has 5 N–H and O–H groups in total. The van der Waals surface area contributed by atoms with E-state index in [1.807, 2.05) is 0 Å². The SMILES string of the molecule is NCCCCNC(=O)c1cc(-c2ccco2)nc2c(C(N)=O)ncn12. The van der Waals surface area contributed by atoms with E-state index in [1.165, 1.54) is 17.0 Å². The molecule has 25 heavy (non-hydrogen) atoms. The molecule has 3 rings (SSSR count). The van der Waals surface area contributed by atoms with Crippen molar-refractivity contribution in [2.24, 2.45) is 11.5 Å². The van der Waals surface area contributed by atoms with Crippen LogP contribution in [0.5, 0.6) is 0 Å². The highest BCUT2D eigenvalue weighted by Gasteiger charge is 2.20. The number of amides is 2. The molecular weight excluding hydrogens is 324 g/mol. The molecule has 0 radical (unpaired) electrons. The minimum Gasteiger partial charge on any atom is -0.463 e. The van der Waals surface area contributed by atoms with Gasteiger partial charge in [0.2, 0.25) is 0 Å². The first-order chi connectivity index (χ1) is 12.1. The standard InChI is InChI=1S/C16H18N6O3/c17-5-1-2-6-19-16(24)11-8-10(12-4-3-7-25-12)21-15-13(14(18)23)20-9-22(11)15/h3-4,7-9H,1-2,5-6,17H2,(H2,18,23)(H,19,24). The fourth-order valence-corrected chi connectivity index (χ4v) is 2.43. The monoisotopic (exact) mass is 342 g/mol. The number of nitrogens with two attached hydrogens (primary N) is 2. The van der Waals surface area contributed by atoms with Crippen molar-refractivity contribution >= 4 is 17.5 Å². The molecular formula is C16H18N6O3. The molecule has 0 spiro atoms. The number of carbonyl (C=O) groups is 2. The molecule has 3 aromatic rings. The summed E-state index contributed by atoms with van der Waals surface area (Å²) in [5.41, 5.74) is 11.7. The van der Waals surface area contributed by atoms with Gasteiger partial charge in [-0.05, 0) is 37.6 Å². The fraction of sp³-hybridized carbons (Fsp3) is 0.250. The molecule has 0 atom stereocenters. The lowest BCUT2D eigenvalue weighted by atomic mass is 10.2. The summed E-state index contributed by atoms with van der Waals surface area (Å²) in [7, 11) is 0. The van der Waals surface area contributed by atoms with Gasteiger partial charge in [0.05, 0.1) is 6.26 Å². The highest BCUT2D eigenvalue weighted by atomic mass is 16.3. The number of unbranched alkanes of at least 4 members (excludes halogenated alkanes) is 1. The van der Waals surface area contributed by atoms with Gasteiger partial charge in [-0.15, -0.1) is 0 Å². The molecule has 0 aliphatic heterocycles. The topological polar surface area (TPSA) is 142 Å². The van der Waals surface area contributed by atoms with Crippen LogP contribution in [0.4, 0.5) is 0 Å². The molecule has 9 heteroatoms. The van der Waals surface area contributed by atoms with Crippen molar-refractivity contribution in [3.8, 4) is 11.5 Å². The Bertz CT molecular complexity index is 900. The van der Waals surface area contributed by atoms with Crippen LogP contribution < -0.4 is 16.8 Å². The third-order valence-electron chi connectivity index (χ3n) is 3.66. The molecule has 0 unspecified atom stereocenters. The lowest BCUT2D eigenvalue weighted by molar-refractivity contribution is 0.0945. The Morgan fingerprint density at radius 1 is 1.32 bits per heavy atom. The Morgan fingerprint density at radius 2 is 2.16 bits per heavy atom. The second-order valence-electron chi connectivity index (χ2n) is 5.41. The lowest BCUT2D eigenvalue weighted by Gasteiger charge is -2.09. The van der Waals surface area contributed by atoms with Gasteiger partial charge >= 0.3 is 0 Å². The summed E-state index contributed by atoms with van der Waals surface area (Å²) in [5.74, 6) is -0.567. The highest BCUT2D eigenvalue weighted by Crippen LogP contribution is 2.21. The van der Waals surface area contributed by atoms with Gasteiger partial charge in [-0.25, -0.2) is 9.97 Å². The van der Waals surface area contributed by atoms with E-state index in [0.717, 1.165) is 12.8 Å². The molecule has 0 saturated carbocycles. The van der Waals surface area contributed by atoms with Crippen LogP contribution in [0.15, 0.2) is 35.2 Å². The first kappa shape index (κ1) is 16.7. The van der Waals surface area contributed by atoms with Crippen molar-refractivity contribution in [3.63, 3.8) is 0 Å². The van der Waals surface area contributed by atoms with E-state index in [4.69, 9.17) is 15.9 Å². The molecule has 3 heterocycles. The van der Waals surface area contributed by atoms with Gasteiger partial charge in [0, 0.05) is 6.54 Å². The third-order valence-corrected chi connectivity index (χ3v) is 3.66. The number of imidazole rings is 1. The highest BCUT2D eigenvalue weighted by molar-refractivity contribution is 5.99. The van der Waals surface area contributed by atoms with E-state index >= 15 is 0 Å².